The Labute approximate surface area is 131 Å². The van der Waals surface area contributed by atoms with Crippen LogP contribution >= 0.6 is 11.6 Å². The van der Waals surface area contributed by atoms with Gasteiger partial charge >= 0.3 is 5.97 Å². The molecule has 0 amide bonds. The highest BCUT2D eigenvalue weighted by Gasteiger charge is 2.41. The first kappa shape index (κ1) is 16.3. The predicted molar refractivity (Wildman–Crippen MR) is 85.8 cm³/mol. The highest BCUT2D eigenvalue weighted by Crippen LogP contribution is 2.34. The predicted octanol–water partition coefficient (Wildman–Crippen LogP) is 3.85. The number of benzene rings is 1. The number of halogens is 1. The van der Waals surface area contributed by atoms with Crippen LogP contribution in [-0.4, -0.2) is 35.1 Å². The Balaban J connectivity index is 2.03. The van der Waals surface area contributed by atoms with Gasteiger partial charge in [0.1, 0.15) is 0 Å². The fraction of sp³-hybridized carbons (Fsp3) is 0.588. The Morgan fingerprint density at radius 1 is 1.43 bits per heavy atom. The van der Waals surface area contributed by atoms with Gasteiger partial charge in [0.05, 0.1) is 5.41 Å². The van der Waals surface area contributed by atoms with Crippen LogP contribution < -0.4 is 0 Å². The topological polar surface area (TPSA) is 40.5 Å². The van der Waals surface area contributed by atoms with E-state index in [1.807, 2.05) is 31.2 Å². The van der Waals surface area contributed by atoms with Gasteiger partial charge in [0.15, 0.2) is 0 Å². The Bertz CT molecular complexity index is 488. The molecule has 4 heteroatoms. The summed E-state index contributed by atoms with van der Waals surface area (Å²) in [6.45, 7) is 5.82. The van der Waals surface area contributed by atoms with Crippen LogP contribution in [0.1, 0.15) is 38.7 Å². The van der Waals surface area contributed by atoms with E-state index in [1.165, 1.54) is 5.56 Å². The van der Waals surface area contributed by atoms with E-state index in [1.54, 1.807) is 0 Å². The van der Waals surface area contributed by atoms with Crippen molar-refractivity contribution < 1.29 is 9.90 Å². The molecule has 2 unspecified atom stereocenters. The molecule has 0 bridgehead atoms. The van der Waals surface area contributed by atoms with Gasteiger partial charge in [-0.2, -0.15) is 0 Å². The highest BCUT2D eigenvalue weighted by molar-refractivity contribution is 6.30. The molecule has 0 saturated carbocycles. The number of carboxylic acid groups (broad SMARTS) is 1. The molecule has 21 heavy (non-hydrogen) atoms. The summed E-state index contributed by atoms with van der Waals surface area (Å²) in [5.41, 5.74) is 0.682. The molecule has 3 nitrogen and oxygen atoms in total. The van der Waals surface area contributed by atoms with E-state index < -0.39 is 11.4 Å². The quantitative estimate of drug-likeness (QED) is 0.898. The van der Waals surface area contributed by atoms with E-state index in [9.17, 15) is 9.90 Å². The van der Waals surface area contributed by atoms with E-state index >= 15 is 0 Å². The summed E-state index contributed by atoms with van der Waals surface area (Å²) in [5, 5.41) is 10.3. The Morgan fingerprint density at radius 2 is 2.10 bits per heavy atom. The van der Waals surface area contributed by atoms with Crippen LogP contribution in [0, 0.1) is 5.41 Å². The Morgan fingerprint density at radius 3 is 2.67 bits per heavy atom. The van der Waals surface area contributed by atoms with Crippen molar-refractivity contribution in [2.45, 2.75) is 45.6 Å². The van der Waals surface area contributed by atoms with Gasteiger partial charge in [-0.05, 0) is 56.8 Å². The number of aliphatic carboxylic acids is 1. The Hall–Kier alpha value is -1.06. The third-order valence-corrected chi connectivity index (χ3v) is 5.06. The molecule has 0 aromatic heterocycles. The number of hydrogen-bond acceptors (Lipinski definition) is 2. The molecule has 1 aliphatic heterocycles. The SMILES string of the molecule is CCC1(C(=O)O)CCCN(C(C)Cc2ccc(Cl)cc2)C1. The summed E-state index contributed by atoms with van der Waals surface area (Å²) < 4.78 is 0. The van der Waals surface area contributed by atoms with E-state index in [0.717, 1.165) is 30.8 Å². The average molecular weight is 310 g/mol. The molecule has 1 fully saturated rings. The lowest BCUT2D eigenvalue weighted by atomic mass is 9.77. The van der Waals surface area contributed by atoms with Crippen molar-refractivity contribution in [2.75, 3.05) is 13.1 Å². The van der Waals surface area contributed by atoms with Crippen LogP contribution in [0.2, 0.25) is 5.02 Å². The van der Waals surface area contributed by atoms with Gasteiger partial charge in [-0.25, -0.2) is 0 Å². The van der Waals surface area contributed by atoms with Crippen LogP contribution in [-0.2, 0) is 11.2 Å². The zero-order valence-electron chi connectivity index (χ0n) is 12.8. The molecular weight excluding hydrogens is 286 g/mol. The maximum atomic E-state index is 11.6. The minimum Gasteiger partial charge on any atom is -0.481 e. The summed E-state index contributed by atoms with van der Waals surface area (Å²) >= 11 is 5.91. The average Bonchev–Trinajstić information content (AvgIpc) is 2.49. The van der Waals surface area contributed by atoms with Crippen molar-refractivity contribution in [1.29, 1.82) is 0 Å². The normalized spacial score (nSPS) is 24.7. The first-order valence-electron chi connectivity index (χ1n) is 7.69. The lowest BCUT2D eigenvalue weighted by molar-refractivity contribution is -0.153. The summed E-state index contributed by atoms with van der Waals surface area (Å²) in [7, 11) is 0. The van der Waals surface area contributed by atoms with Crippen molar-refractivity contribution in [2.24, 2.45) is 5.41 Å². The molecular formula is C17H24ClNO2. The van der Waals surface area contributed by atoms with E-state index in [2.05, 4.69) is 11.8 Å². The number of rotatable bonds is 5. The van der Waals surface area contributed by atoms with Gasteiger partial charge in [0.25, 0.3) is 0 Å². The van der Waals surface area contributed by atoms with Crippen molar-refractivity contribution in [3.8, 4) is 0 Å². The third-order valence-electron chi connectivity index (χ3n) is 4.80. The maximum absolute atomic E-state index is 11.6. The highest BCUT2D eigenvalue weighted by atomic mass is 35.5. The molecule has 1 heterocycles. The second kappa shape index (κ2) is 6.80. The van der Waals surface area contributed by atoms with E-state index in [-0.39, 0.29) is 0 Å². The summed E-state index contributed by atoms with van der Waals surface area (Å²) in [5.74, 6) is -0.645. The number of piperidine rings is 1. The smallest absolute Gasteiger partial charge is 0.310 e. The minimum absolute atomic E-state index is 0.344. The zero-order chi connectivity index (χ0) is 15.5. The molecule has 0 spiro atoms. The largest absolute Gasteiger partial charge is 0.481 e. The first-order chi connectivity index (χ1) is 9.97. The number of likely N-dealkylation sites (tertiary alicyclic amines) is 1. The minimum atomic E-state index is -0.645. The fourth-order valence-electron chi connectivity index (χ4n) is 3.25. The molecule has 1 saturated heterocycles. The van der Waals surface area contributed by atoms with E-state index in [0.29, 0.717) is 19.0 Å². The van der Waals surface area contributed by atoms with Gasteiger partial charge in [-0.1, -0.05) is 30.7 Å². The molecule has 2 atom stereocenters. The Kier molecular flexibility index (Phi) is 5.28. The van der Waals surface area contributed by atoms with Crippen LogP contribution in [0.25, 0.3) is 0 Å². The van der Waals surface area contributed by atoms with Crippen LogP contribution in [0.3, 0.4) is 0 Å². The molecule has 0 radical (unpaired) electrons. The van der Waals surface area contributed by atoms with Crippen molar-refractivity contribution >= 4 is 17.6 Å². The van der Waals surface area contributed by atoms with Crippen molar-refractivity contribution in [3.63, 3.8) is 0 Å². The zero-order valence-corrected chi connectivity index (χ0v) is 13.6. The fourth-order valence-corrected chi connectivity index (χ4v) is 3.37. The molecule has 0 aliphatic carbocycles. The van der Waals surface area contributed by atoms with Gasteiger partial charge in [-0.15, -0.1) is 0 Å². The molecule has 1 aromatic carbocycles. The molecule has 1 aliphatic rings. The van der Waals surface area contributed by atoms with Gasteiger partial charge in [0.2, 0.25) is 0 Å². The van der Waals surface area contributed by atoms with Gasteiger partial charge in [-0.3, -0.25) is 9.69 Å². The second-order valence-corrected chi connectivity index (χ2v) is 6.63. The maximum Gasteiger partial charge on any atom is 0.310 e. The molecule has 1 aromatic rings. The lowest BCUT2D eigenvalue weighted by Crippen LogP contribution is -2.50. The van der Waals surface area contributed by atoms with Crippen LogP contribution in [0.15, 0.2) is 24.3 Å². The van der Waals surface area contributed by atoms with Crippen LogP contribution in [0.5, 0.6) is 0 Å². The number of carboxylic acids is 1. The molecule has 116 valence electrons. The molecule has 2 rings (SSSR count). The van der Waals surface area contributed by atoms with Crippen LogP contribution in [0.4, 0.5) is 0 Å². The summed E-state index contributed by atoms with van der Waals surface area (Å²) in [6.07, 6.45) is 3.39. The first-order valence-corrected chi connectivity index (χ1v) is 8.06. The number of hydrogen-bond donors (Lipinski definition) is 1. The second-order valence-electron chi connectivity index (χ2n) is 6.19. The third kappa shape index (κ3) is 3.78. The lowest BCUT2D eigenvalue weighted by Gasteiger charge is -2.42. The van der Waals surface area contributed by atoms with E-state index in [4.69, 9.17) is 11.6 Å². The standard InChI is InChI=1S/C17H24ClNO2/c1-3-17(16(20)21)9-4-10-19(12-17)13(2)11-14-5-7-15(18)8-6-14/h5-8,13H,3-4,9-12H2,1-2H3,(H,20,21). The monoisotopic (exact) mass is 309 g/mol. The summed E-state index contributed by atoms with van der Waals surface area (Å²) in [6, 6.07) is 8.26. The van der Waals surface area contributed by atoms with Gasteiger partial charge in [0, 0.05) is 17.6 Å². The van der Waals surface area contributed by atoms with Crippen molar-refractivity contribution in [3.05, 3.63) is 34.9 Å². The number of nitrogens with zero attached hydrogens (tertiary/aromatic N) is 1. The number of carbonyl (C=O) groups is 1. The van der Waals surface area contributed by atoms with Crippen molar-refractivity contribution in [1.82, 2.24) is 4.90 Å². The van der Waals surface area contributed by atoms with Gasteiger partial charge < -0.3 is 5.11 Å². The molecule has 1 N–H and O–H groups in total. The summed E-state index contributed by atoms with van der Waals surface area (Å²) in [4.78, 5) is 14.0.